The zero-order chi connectivity index (χ0) is 15.5. The second kappa shape index (κ2) is 6.68. The first-order valence-electron chi connectivity index (χ1n) is 7.17. The van der Waals surface area contributed by atoms with Gasteiger partial charge in [0.15, 0.2) is 5.78 Å². The Hall–Kier alpha value is -1.24. The van der Waals surface area contributed by atoms with Crippen molar-refractivity contribution >= 4 is 15.8 Å². The third-order valence-electron chi connectivity index (χ3n) is 3.80. The Bertz CT molecular complexity index is 606. The van der Waals surface area contributed by atoms with Gasteiger partial charge < -0.3 is 4.74 Å². The van der Waals surface area contributed by atoms with Crippen LogP contribution in [0.3, 0.4) is 0 Å². The summed E-state index contributed by atoms with van der Waals surface area (Å²) in [5.41, 5.74) is 0.428. The zero-order valence-electron chi connectivity index (χ0n) is 12.3. The Kier molecular flexibility index (Phi) is 5.13. The predicted molar refractivity (Wildman–Crippen MR) is 79.8 cm³/mol. The topological polar surface area (TPSA) is 72.5 Å². The Morgan fingerprint density at radius 2 is 2.24 bits per heavy atom. The van der Waals surface area contributed by atoms with Gasteiger partial charge in [-0.25, -0.2) is 13.1 Å². The third kappa shape index (κ3) is 3.90. The monoisotopic (exact) mass is 311 g/mol. The summed E-state index contributed by atoms with van der Waals surface area (Å²) in [5.74, 6) is 0.129. The fourth-order valence-corrected chi connectivity index (χ4v) is 3.75. The number of carbonyl (C=O) groups excluding carboxylic acids is 1. The minimum atomic E-state index is -3.62. The molecule has 116 valence electrons. The van der Waals surface area contributed by atoms with E-state index in [9.17, 15) is 13.2 Å². The highest BCUT2D eigenvalue weighted by Gasteiger charge is 2.27. The van der Waals surface area contributed by atoms with E-state index < -0.39 is 10.0 Å². The van der Waals surface area contributed by atoms with Gasteiger partial charge in [-0.05, 0) is 25.5 Å². The first-order chi connectivity index (χ1) is 9.94. The summed E-state index contributed by atoms with van der Waals surface area (Å²) in [6, 6.07) is 5.99. The maximum atomic E-state index is 12.4. The Morgan fingerprint density at radius 3 is 2.86 bits per heavy atom. The van der Waals surface area contributed by atoms with Gasteiger partial charge >= 0.3 is 0 Å². The molecule has 0 amide bonds. The summed E-state index contributed by atoms with van der Waals surface area (Å²) in [6.45, 7) is 4.86. The number of ketones is 1. The van der Waals surface area contributed by atoms with E-state index in [2.05, 4.69) is 4.72 Å². The van der Waals surface area contributed by atoms with Crippen LogP contribution in [-0.2, 0) is 14.8 Å². The number of benzene rings is 1. The normalized spacial score (nSPS) is 20.4. The van der Waals surface area contributed by atoms with Crippen LogP contribution >= 0.6 is 0 Å². The van der Waals surface area contributed by atoms with Crippen LogP contribution < -0.4 is 4.72 Å². The molecule has 0 radical (unpaired) electrons. The molecule has 21 heavy (non-hydrogen) atoms. The molecular weight excluding hydrogens is 290 g/mol. The fraction of sp³-hybridized carbons (Fsp3) is 0.533. The lowest BCUT2D eigenvalue weighted by molar-refractivity contribution is 0.0988. The van der Waals surface area contributed by atoms with Crippen molar-refractivity contribution in [1.82, 2.24) is 4.72 Å². The zero-order valence-corrected chi connectivity index (χ0v) is 13.2. The van der Waals surface area contributed by atoms with Crippen molar-refractivity contribution < 1.29 is 17.9 Å². The summed E-state index contributed by atoms with van der Waals surface area (Å²) in [7, 11) is -3.62. The second-order valence-electron chi connectivity index (χ2n) is 5.34. The molecule has 1 aromatic rings. The van der Waals surface area contributed by atoms with E-state index in [-0.39, 0.29) is 22.6 Å². The van der Waals surface area contributed by atoms with Crippen molar-refractivity contribution in [2.24, 2.45) is 5.92 Å². The molecule has 1 aromatic carbocycles. The lowest BCUT2D eigenvalue weighted by Crippen LogP contribution is -2.38. The number of rotatable bonds is 6. The lowest BCUT2D eigenvalue weighted by Gasteiger charge is -2.19. The fourth-order valence-electron chi connectivity index (χ4n) is 2.40. The van der Waals surface area contributed by atoms with Gasteiger partial charge in [0.1, 0.15) is 0 Å². The van der Waals surface area contributed by atoms with Crippen LogP contribution in [0.4, 0.5) is 0 Å². The summed E-state index contributed by atoms with van der Waals surface area (Å²) in [6.07, 6.45) is 1.21. The van der Waals surface area contributed by atoms with E-state index in [0.717, 1.165) is 6.42 Å². The number of hydrogen-bond donors (Lipinski definition) is 1. The highest BCUT2D eigenvalue weighted by molar-refractivity contribution is 7.89. The molecule has 0 bridgehead atoms. The molecule has 2 atom stereocenters. The van der Waals surface area contributed by atoms with E-state index in [1.807, 2.05) is 6.92 Å². The van der Waals surface area contributed by atoms with Crippen molar-refractivity contribution in [2.75, 3.05) is 13.2 Å². The van der Waals surface area contributed by atoms with Crippen molar-refractivity contribution in [3.8, 4) is 0 Å². The average Bonchev–Trinajstić information content (AvgIpc) is 3.00. The van der Waals surface area contributed by atoms with Gasteiger partial charge in [0.25, 0.3) is 0 Å². The van der Waals surface area contributed by atoms with Crippen molar-refractivity contribution in [2.45, 2.75) is 37.6 Å². The second-order valence-corrected chi connectivity index (χ2v) is 7.05. The summed E-state index contributed by atoms with van der Waals surface area (Å²) < 4.78 is 32.8. The average molecular weight is 311 g/mol. The van der Waals surface area contributed by atoms with Crippen LogP contribution in [0.1, 0.15) is 37.0 Å². The van der Waals surface area contributed by atoms with Crippen molar-refractivity contribution in [3.63, 3.8) is 0 Å². The smallest absolute Gasteiger partial charge is 0.240 e. The maximum Gasteiger partial charge on any atom is 0.240 e. The largest absolute Gasteiger partial charge is 0.381 e. The van der Waals surface area contributed by atoms with E-state index in [1.165, 1.54) is 12.1 Å². The molecule has 0 saturated carbocycles. The van der Waals surface area contributed by atoms with Gasteiger partial charge in [-0.1, -0.05) is 19.1 Å². The van der Waals surface area contributed by atoms with E-state index in [1.54, 1.807) is 19.1 Å². The number of carbonyl (C=O) groups is 1. The summed E-state index contributed by atoms with van der Waals surface area (Å²) >= 11 is 0. The molecule has 0 aliphatic carbocycles. The first-order valence-corrected chi connectivity index (χ1v) is 8.65. The highest BCUT2D eigenvalue weighted by Crippen LogP contribution is 2.19. The third-order valence-corrected chi connectivity index (χ3v) is 5.36. The van der Waals surface area contributed by atoms with Gasteiger partial charge in [-0.2, -0.15) is 0 Å². The standard InChI is InChI=1S/C15H21NO4S/c1-3-15(17)12-5-4-6-14(9-12)21(18,19)16-11(2)13-7-8-20-10-13/h4-6,9,11,13,16H,3,7-8,10H2,1-2H3. The highest BCUT2D eigenvalue weighted by atomic mass is 32.2. The minimum absolute atomic E-state index is 0.0655. The van der Waals surface area contributed by atoms with E-state index >= 15 is 0 Å². The number of nitrogens with one attached hydrogen (secondary N) is 1. The van der Waals surface area contributed by atoms with E-state index in [0.29, 0.717) is 25.2 Å². The van der Waals surface area contributed by atoms with Crippen LogP contribution in [0.25, 0.3) is 0 Å². The van der Waals surface area contributed by atoms with Crippen LogP contribution in [0.15, 0.2) is 29.2 Å². The molecule has 5 nitrogen and oxygen atoms in total. The Morgan fingerprint density at radius 1 is 1.48 bits per heavy atom. The molecule has 1 fully saturated rings. The minimum Gasteiger partial charge on any atom is -0.381 e. The van der Waals surface area contributed by atoms with Crippen LogP contribution in [0.2, 0.25) is 0 Å². The van der Waals surface area contributed by atoms with Crippen LogP contribution in [-0.4, -0.2) is 33.5 Å². The Balaban J connectivity index is 2.17. The summed E-state index contributed by atoms with van der Waals surface area (Å²) in [4.78, 5) is 11.8. The molecular formula is C15H21NO4S. The van der Waals surface area contributed by atoms with Crippen molar-refractivity contribution in [1.29, 1.82) is 0 Å². The predicted octanol–water partition coefficient (Wildman–Crippen LogP) is 1.98. The number of hydrogen-bond acceptors (Lipinski definition) is 4. The van der Waals surface area contributed by atoms with Crippen LogP contribution in [0, 0.1) is 5.92 Å². The molecule has 2 unspecified atom stereocenters. The molecule has 1 N–H and O–H groups in total. The molecule has 1 heterocycles. The van der Waals surface area contributed by atoms with Crippen molar-refractivity contribution in [3.05, 3.63) is 29.8 Å². The number of Topliss-reactive ketones (excluding diaryl/α,β-unsaturated/α-hetero) is 1. The maximum absolute atomic E-state index is 12.4. The molecule has 1 aliphatic heterocycles. The Labute approximate surface area is 125 Å². The quantitative estimate of drug-likeness (QED) is 0.815. The van der Waals surface area contributed by atoms with Gasteiger partial charge in [-0.3, -0.25) is 4.79 Å². The molecule has 1 saturated heterocycles. The molecule has 1 aliphatic rings. The lowest BCUT2D eigenvalue weighted by atomic mass is 10.0. The van der Waals surface area contributed by atoms with Gasteiger partial charge in [-0.15, -0.1) is 0 Å². The van der Waals surface area contributed by atoms with Gasteiger partial charge in [0.2, 0.25) is 10.0 Å². The number of ether oxygens (including phenoxy) is 1. The molecule has 6 heteroatoms. The molecule has 2 rings (SSSR count). The van der Waals surface area contributed by atoms with E-state index in [4.69, 9.17) is 4.74 Å². The van der Waals surface area contributed by atoms with Gasteiger partial charge in [0, 0.05) is 30.6 Å². The number of sulfonamides is 1. The van der Waals surface area contributed by atoms with Gasteiger partial charge in [0.05, 0.1) is 11.5 Å². The summed E-state index contributed by atoms with van der Waals surface area (Å²) in [5, 5.41) is 0. The SMILES string of the molecule is CCC(=O)c1cccc(S(=O)(=O)NC(C)C2CCOC2)c1. The molecule has 0 spiro atoms. The first kappa shape index (κ1) is 16.1. The van der Waals surface area contributed by atoms with Crippen LogP contribution in [0.5, 0.6) is 0 Å². The molecule has 0 aromatic heterocycles.